The maximum absolute atomic E-state index is 11.0. The van der Waals surface area contributed by atoms with Crippen molar-refractivity contribution in [1.82, 2.24) is 0 Å². The van der Waals surface area contributed by atoms with Gasteiger partial charge in [-0.1, -0.05) is 9.46 Å². The van der Waals surface area contributed by atoms with E-state index in [0.29, 0.717) is 0 Å². The Morgan fingerprint density at radius 1 is 1.23 bits per heavy atom. The fourth-order valence-corrected chi connectivity index (χ4v) is 0.533. The molecule has 0 fully saturated rings. The topological polar surface area (TPSA) is 102 Å². The summed E-state index contributed by atoms with van der Waals surface area (Å²) in [4.78, 5) is 19.5. The summed E-state index contributed by atoms with van der Waals surface area (Å²) < 4.78 is 39.8. The Bertz CT molecular complexity index is 235. The van der Waals surface area contributed by atoms with Gasteiger partial charge in [0.2, 0.25) is 0 Å². The van der Waals surface area contributed by atoms with Crippen LogP contribution in [0.25, 0.3) is 0 Å². The normalized spacial score (nSPS) is 10.0. The van der Waals surface area contributed by atoms with E-state index in [1.54, 1.807) is 0 Å². The van der Waals surface area contributed by atoms with E-state index < -0.39 is 19.8 Å². The van der Waals surface area contributed by atoms with Crippen LogP contribution >= 0.6 is 7.82 Å². The molecule has 0 radical (unpaired) electrons. The van der Waals surface area contributed by atoms with E-state index >= 15 is 0 Å². The minimum absolute atomic E-state index is 0. The number of carboxylic acids is 1. The molecule has 0 aromatic heterocycles. The molecule has 0 aliphatic rings. The minimum atomic E-state index is -5.39. The maximum atomic E-state index is 11.0. The van der Waals surface area contributed by atoms with Gasteiger partial charge in [-0.3, -0.25) is 0 Å². The van der Waals surface area contributed by atoms with Crippen molar-refractivity contribution < 1.29 is 61.2 Å². The molecule has 0 aliphatic heterocycles. The second-order valence-electron chi connectivity index (χ2n) is 1.25. The molecule has 70 valence electrons. The van der Waals surface area contributed by atoms with Crippen molar-refractivity contribution in [2.45, 2.75) is 0 Å². The van der Waals surface area contributed by atoms with Gasteiger partial charge in [0, 0.05) is 0 Å². The average molecular weight is 212 g/mol. The summed E-state index contributed by atoms with van der Waals surface area (Å²) in [6.45, 7) is 0. The second kappa shape index (κ2) is 6.07. The SMILES string of the molecule is O=C([O-])C(=O)OP(=O)(OF)OF.[Li+]. The second-order valence-corrected chi connectivity index (χ2v) is 2.60. The van der Waals surface area contributed by atoms with E-state index in [2.05, 4.69) is 14.0 Å². The Morgan fingerprint density at radius 2 is 1.62 bits per heavy atom. The third-order valence-electron chi connectivity index (χ3n) is 0.530. The summed E-state index contributed by atoms with van der Waals surface area (Å²) in [6.07, 6.45) is 0. The van der Waals surface area contributed by atoms with Gasteiger partial charge in [0.15, 0.2) is 5.97 Å². The van der Waals surface area contributed by atoms with Crippen LogP contribution in [0.1, 0.15) is 0 Å². The molecule has 11 heteroatoms. The monoisotopic (exact) mass is 212 g/mol. The molecule has 0 amide bonds. The predicted octanol–water partition coefficient (Wildman–Crippen LogP) is -3.81. The van der Waals surface area contributed by atoms with E-state index in [1.807, 2.05) is 0 Å². The van der Waals surface area contributed by atoms with Gasteiger partial charge >= 0.3 is 32.7 Å². The summed E-state index contributed by atoms with van der Waals surface area (Å²) in [6, 6.07) is 0. The number of hydrogen-bond donors (Lipinski definition) is 0. The van der Waals surface area contributed by atoms with Gasteiger partial charge in [0.1, 0.15) is 0 Å². The Hall–Kier alpha value is -0.453. The zero-order valence-electron chi connectivity index (χ0n) is 6.06. The van der Waals surface area contributed by atoms with Crippen molar-refractivity contribution in [1.29, 1.82) is 0 Å². The maximum Gasteiger partial charge on any atom is 1.00 e. The summed E-state index contributed by atoms with van der Waals surface area (Å²) in [7, 11) is -5.39. The fraction of sp³-hybridized carbons (Fsp3) is 0. The van der Waals surface area contributed by atoms with E-state index in [9.17, 15) is 28.3 Å². The molecule has 0 aromatic carbocycles. The Morgan fingerprint density at radius 3 is 1.85 bits per heavy atom. The Kier molecular flexibility index (Phi) is 7.02. The van der Waals surface area contributed by atoms with Gasteiger partial charge in [-0.25, -0.2) is 9.36 Å². The quantitative estimate of drug-likeness (QED) is 0.268. The number of hydrogen-bond acceptors (Lipinski definition) is 7. The molecule has 0 saturated carbocycles. The molecule has 7 nitrogen and oxygen atoms in total. The van der Waals surface area contributed by atoms with E-state index in [0.717, 1.165) is 0 Å². The summed E-state index contributed by atoms with van der Waals surface area (Å²) in [5, 5.41) is 9.55. The molecule has 0 atom stereocenters. The third-order valence-corrected chi connectivity index (χ3v) is 1.26. The number of carbonyl (C=O) groups is 2. The van der Waals surface area contributed by atoms with Gasteiger partial charge in [0.25, 0.3) is 0 Å². The number of rotatable bonds is 3. The Balaban J connectivity index is 0. The molecule has 13 heavy (non-hydrogen) atoms. The predicted molar refractivity (Wildman–Crippen MR) is 23.1 cm³/mol. The van der Waals surface area contributed by atoms with Crippen LogP contribution in [0.15, 0.2) is 0 Å². The fourth-order valence-electron chi connectivity index (χ4n) is 0.178. The van der Waals surface area contributed by atoms with Gasteiger partial charge in [-0.05, 0) is 9.05 Å². The summed E-state index contributed by atoms with van der Waals surface area (Å²) >= 11 is 0. The summed E-state index contributed by atoms with van der Waals surface area (Å²) in [5.74, 6) is -4.74. The van der Waals surface area contributed by atoms with Crippen molar-refractivity contribution in [3.8, 4) is 0 Å². The van der Waals surface area contributed by atoms with Crippen LogP contribution in [0.5, 0.6) is 0 Å². The zero-order valence-corrected chi connectivity index (χ0v) is 6.96. The molecule has 0 rings (SSSR count). The van der Waals surface area contributed by atoms with Crippen LogP contribution in [0.2, 0.25) is 0 Å². The zero-order chi connectivity index (χ0) is 9.78. The van der Waals surface area contributed by atoms with Crippen LogP contribution in [-0.2, 0) is 28.1 Å². The van der Waals surface area contributed by atoms with Crippen molar-refractivity contribution in [3.63, 3.8) is 0 Å². The number of halogens is 2. The number of phosphoric acid groups is 1. The molecule has 0 heterocycles. The number of aliphatic carboxylic acids is 1. The van der Waals surface area contributed by atoms with Crippen LogP contribution in [0, 0.1) is 0 Å². The van der Waals surface area contributed by atoms with Crippen molar-refractivity contribution in [3.05, 3.63) is 0 Å². The van der Waals surface area contributed by atoms with E-state index in [1.165, 1.54) is 0 Å². The Labute approximate surface area is 81.5 Å². The van der Waals surface area contributed by atoms with Crippen molar-refractivity contribution >= 4 is 19.8 Å². The molecule has 0 saturated heterocycles. The van der Waals surface area contributed by atoms with Gasteiger partial charge < -0.3 is 14.4 Å². The molecule has 0 N–H and O–H groups in total. The van der Waals surface area contributed by atoms with Gasteiger partial charge in [0.05, 0.1) is 0 Å². The molecular weight excluding hydrogens is 212 g/mol. The standard InChI is InChI=1S/C2HF2O7P.Li/c3-10-12(8,11-4)9-2(7)1(5)6;/h(H,5,6);/q;+1/p-1. The summed E-state index contributed by atoms with van der Waals surface area (Å²) in [5.41, 5.74) is 0. The first kappa shape index (κ1) is 15.0. The molecular formula is C2F2LiO7P. The first-order valence-corrected chi connectivity index (χ1v) is 3.57. The molecule has 0 spiro atoms. The first-order valence-electron chi connectivity index (χ1n) is 2.11. The van der Waals surface area contributed by atoms with Gasteiger partial charge in [-0.2, -0.15) is 0 Å². The molecule has 0 unspecified atom stereocenters. The van der Waals surface area contributed by atoms with Gasteiger partial charge in [-0.15, -0.1) is 0 Å². The van der Waals surface area contributed by atoms with Crippen LogP contribution in [-0.4, -0.2) is 11.9 Å². The average Bonchev–Trinajstić information content (AvgIpc) is 2.04. The van der Waals surface area contributed by atoms with Crippen molar-refractivity contribution in [2.24, 2.45) is 0 Å². The smallest absolute Gasteiger partial charge is 0.539 e. The molecule has 0 aliphatic carbocycles. The molecule has 0 aromatic rings. The largest absolute Gasteiger partial charge is 1.00 e. The minimum Gasteiger partial charge on any atom is -0.539 e. The number of carbonyl (C=O) groups excluding carboxylic acids is 2. The number of carboxylic acid groups (broad SMARTS) is 1. The van der Waals surface area contributed by atoms with E-state index in [4.69, 9.17) is 0 Å². The van der Waals surface area contributed by atoms with Crippen LogP contribution < -0.4 is 24.0 Å². The molecule has 0 bridgehead atoms. The first-order chi connectivity index (χ1) is 5.45. The third kappa shape index (κ3) is 4.97. The van der Waals surface area contributed by atoms with Crippen LogP contribution in [0.4, 0.5) is 9.05 Å². The van der Waals surface area contributed by atoms with Crippen LogP contribution in [0.3, 0.4) is 0 Å². The van der Waals surface area contributed by atoms with E-state index in [-0.39, 0.29) is 18.9 Å². The van der Waals surface area contributed by atoms with Crippen molar-refractivity contribution in [2.75, 3.05) is 0 Å².